The van der Waals surface area contributed by atoms with Crippen LogP contribution in [0.15, 0.2) is 0 Å². The Labute approximate surface area is 103 Å². The van der Waals surface area contributed by atoms with Gasteiger partial charge in [-0.25, -0.2) is 0 Å². The minimum Gasteiger partial charge on any atom is -0.345 e. The van der Waals surface area contributed by atoms with E-state index < -0.39 is 37.1 Å². The van der Waals surface area contributed by atoms with E-state index in [9.17, 15) is 22.8 Å². The van der Waals surface area contributed by atoms with Gasteiger partial charge in [-0.2, -0.15) is 13.2 Å². The fourth-order valence-corrected chi connectivity index (χ4v) is 1.27. The predicted octanol–water partition coefficient (Wildman–Crippen LogP) is 0.251. The molecule has 0 saturated heterocycles. The van der Waals surface area contributed by atoms with Gasteiger partial charge < -0.3 is 16.0 Å². The van der Waals surface area contributed by atoms with Gasteiger partial charge in [0.05, 0.1) is 12.6 Å². The van der Waals surface area contributed by atoms with Crippen molar-refractivity contribution in [3.8, 4) is 0 Å². The van der Waals surface area contributed by atoms with Crippen molar-refractivity contribution in [3.63, 3.8) is 0 Å². The molecular formula is C10H18F3N3O2. The molecule has 106 valence electrons. The summed E-state index contributed by atoms with van der Waals surface area (Å²) in [5.41, 5.74) is 5.54. The summed E-state index contributed by atoms with van der Waals surface area (Å²) in [6, 6.07) is -0.726. The van der Waals surface area contributed by atoms with Crippen LogP contribution in [0.25, 0.3) is 0 Å². The smallest absolute Gasteiger partial charge is 0.345 e. The summed E-state index contributed by atoms with van der Waals surface area (Å²) in [4.78, 5) is 23.7. The highest BCUT2D eigenvalue weighted by Gasteiger charge is 2.28. The van der Waals surface area contributed by atoms with Crippen molar-refractivity contribution in [1.82, 2.24) is 10.2 Å². The van der Waals surface area contributed by atoms with Gasteiger partial charge in [-0.15, -0.1) is 0 Å². The summed E-state index contributed by atoms with van der Waals surface area (Å²) in [6.07, 6.45) is -3.29. The molecule has 3 N–H and O–H groups in total. The first-order valence-corrected chi connectivity index (χ1v) is 5.51. The first kappa shape index (κ1) is 16.7. The Morgan fingerprint density at radius 3 is 2.39 bits per heavy atom. The Kier molecular flexibility index (Phi) is 6.67. The number of nitrogens with zero attached hydrogens (tertiary/aromatic N) is 1. The lowest BCUT2D eigenvalue weighted by Gasteiger charge is -2.20. The Bertz CT molecular complexity index is 295. The fraction of sp³-hybridized carbons (Fsp3) is 0.800. The summed E-state index contributed by atoms with van der Waals surface area (Å²) in [5, 5.41) is 1.68. The number of nitrogens with two attached hydrogens (primary N) is 1. The van der Waals surface area contributed by atoms with E-state index in [2.05, 4.69) is 0 Å². The third-order valence-electron chi connectivity index (χ3n) is 2.16. The number of halogens is 3. The molecule has 0 bridgehead atoms. The second kappa shape index (κ2) is 7.20. The molecule has 0 aliphatic rings. The van der Waals surface area contributed by atoms with Crippen molar-refractivity contribution in [3.05, 3.63) is 0 Å². The summed E-state index contributed by atoms with van der Waals surface area (Å²) < 4.78 is 35.5. The average Bonchev–Trinajstić information content (AvgIpc) is 2.24. The first-order valence-electron chi connectivity index (χ1n) is 5.51. The zero-order valence-electron chi connectivity index (χ0n) is 10.4. The predicted molar refractivity (Wildman–Crippen MR) is 59.6 cm³/mol. The highest BCUT2D eigenvalue weighted by atomic mass is 19.4. The number of rotatable bonds is 6. The van der Waals surface area contributed by atoms with Crippen LogP contribution in [0.1, 0.15) is 19.8 Å². The standard InChI is InChI=1S/C10H18F3N3O2/c1-3-4-7(14)9(18)16(2)5-8(17)15-6-10(11,12)13/h7H,3-6,14H2,1-2H3,(H,15,17)/t7-/m1/s1. The van der Waals surface area contributed by atoms with Crippen LogP contribution < -0.4 is 11.1 Å². The number of hydrogen-bond donors (Lipinski definition) is 2. The number of carbonyl (C=O) groups is 2. The van der Waals surface area contributed by atoms with E-state index in [4.69, 9.17) is 5.73 Å². The van der Waals surface area contributed by atoms with Gasteiger partial charge in [0.15, 0.2) is 0 Å². The van der Waals surface area contributed by atoms with E-state index in [1.54, 1.807) is 5.32 Å². The molecular weight excluding hydrogens is 251 g/mol. The van der Waals surface area contributed by atoms with E-state index in [-0.39, 0.29) is 0 Å². The fourth-order valence-electron chi connectivity index (χ4n) is 1.27. The van der Waals surface area contributed by atoms with Crippen molar-refractivity contribution in [2.75, 3.05) is 20.1 Å². The van der Waals surface area contributed by atoms with E-state index in [1.165, 1.54) is 7.05 Å². The van der Waals surface area contributed by atoms with Crippen molar-refractivity contribution < 1.29 is 22.8 Å². The maximum atomic E-state index is 11.8. The zero-order valence-corrected chi connectivity index (χ0v) is 10.4. The molecule has 0 saturated carbocycles. The van der Waals surface area contributed by atoms with Crippen LogP contribution in [-0.4, -0.2) is 49.1 Å². The third kappa shape index (κ3) is 7.10. The maximum absolute atomic E-state index is 11.8. The number of amides is 2. The quantitative estimate of drug-likeness (QED) is 0.726. The molecule has 0 unspecified atom stereocenters. The van der Waals surface area contributed by atoms with Crippen LogP contribution in [0.4, 0.5) is 13.2 Å². The maximum Gasteiger partial charge on any atom is 0.405 e. The number of alkyl halides is 3. The number of likely N-dealkylation sites (N-methyl/N-ethyl adjacent to an activating group) is 1. The molecule has 0 aromatic carbocycles. The average molecular weight is 269 g/mol. The van der Waals surface area contributed by atoms with Gasteiger partial charge in [0.2, 0.25) is 11.8 Å². The molecule has 0 rings (SSSR count). The molecule has 8 heteroatoms. The number of carbonyl (C=O) groups excluding carboxylic acids is 2. The largest absolute Gasteiger partial charge is 0.405 e. The van der Waals surface area contributed by atoms with Gasteiger partial charge in [0, 0.05) is 7.05 Å². The molecule has 0 heterocycles. The molecule has 5 nitrogen and oxygen atoms in total. The number of hydrogen-bond acceptors (Lipinski definition) is 3. The van der Waals surface area contributed by atoms with E-state index in [1.807, 2.05) is 6.92 Å². The summed E-state index contributed by atoms with van der Waals surface area (Å²) in [5.74, 6) is -1.33. The summed E-state index contributed by atoms with van der Waals surface area (Å²) in [6.45, 7) is 0.00435. The van der Waals surface area contributed by atoms with Crippen LogP contribution in [0.5, 0.6) is 0 Å². The van der Waals surface area contributed by atoms with Gasteiger partial charge in [0.1, 0.15) is 6.54 Å². The molecule has 0 fully saturated rings. The molecule has 18 heavy (non-hydrogen) atoms. The lowest BCUT2D eigenvalue weighted by atomic mass is 10.1. The summed E-state index contributed by atoms with van der Waals surface area (Å²) in [7, 11) is 1.32. The summed E-state index contributed by atoms with van der Waals surface area (Å²) >= 11 is 0. The molecule has 0 aromatic rings. The molecule has 0 radical (unpaired) electrons. The van der Waals surface area contributed by atoms with Gasteiger partial charge in [0.25, 0.3) is 0 Å². The normalized spacial score (nSPS) is 13.0. The Balaban J connectivity index is 4.11. The highest BCUT2D eigenvalue weighted by molar-refractivity contribution is 5.87. The van der Waals surface area contributed by atoms with Gasteiger partial charge in [-0.3, -0.25) is 9.59 Å². The Morgan fingerprint density at radius 2 is 1.94 bits per heavy atom. The van der Waals surface area contributed by atoms with Crippen molar-refractivity contribution in [2.24, 2.45) is 5.73 Å². The molecule has 1 atom stereocenters. The molecule has 2 amide bonds. The highest BCUT2D eigenvalue weighted by Crippen LogP contribution is 2.12. The molecule has 0 aliphatic heterocycles. The van der Waals surface area contributed by atoms with E-state index in [0.29, 0.717) is 12.8 Å². The minimum atomic E-state index is -4.46. The minimum absolute atomic E-state index is 0.438. The number of nitrogens with one attached hydrogen (secondary N) is 1. The van der Waals surface area contributed by atoms with Crippen LogP contribution in [-0.2, 0) is 9.59 Å². The topological polar surface area (TPSA) is 75.4 Å². The monoisotopic (exact) mass is 269 g/mol. The van der Waals surface area contributed by atoms with Crippen LogP contribution in [0, 0.1) is 0 Å². The second-order valence-corrected chi connectivity index (χ2v) is 3.98. The van der Waals surface area contributed by atoms with Gasteiger partial charge >= 0.3 is 6.18 Å². The Morgan fingerprint density at radius 1 is 1.39 bits per heavy atom. The van der Waals surface area contributed by atoms with E-state index >= 15 is 0 Å². The SMILES string of the molecule is CCC[C@@H](N)C(=O)N(C)CC(=O)NCC(F)(F)F. The van der Waals surface area contributed by atoms with E-state index in [0.717, 1.165) is 4.90 Å². The van der Waals surface area contributed by atoms with Crippen molar-refractivity contribution in [1.29, 1.82) is 0 Å². The van der Waals surface area contributed by atoms with Crippen LogP contribution in [0.2, 0.25) is 0 Å². The van der Waals surface area contributed by atoms with Crippen molar-refractivity contribution in [2.45, 2.75) is 32.0 Å². The van der Waals surface area contributed by atoms with Crippen molar-refractivity contribution >= 4 is 11.8 Å². The molecule has 0 spiro atoms. The van der Waals surface area contributed by atoms with Gasteiger partial charge in [-0.1, -0.05) is 13.3 Å². The molecule has 0 aliphatic carbocycles. The Hall–Kier alpha value is -1.31. The van der Waals surface area contributed by atoms with Gasteiger partial charge in [-0.05, 0) is 6.42 Å². The lowest BCUT2D eigenvalue weighted by molar-refractivity contribution is -0.142. The van der Waals surface area contributed by atoms with Crippen LogP contribution in [0.3, 0.4) is 0 Å². The third-order valence-corrected chi connectivity index (χ3v) is 2.16. The van der Waals surface area contributed by atoms with Crippen LogP contribution >= 0.6 is 0 Å². The first-order chi connectivity index (χ1) is 8.17. The molecule has 0 aromatic heterocycles. The lowest BCUT2D eigenvalue weighted by Crippen LogP contribution is -2.47. The zero-order chi connectivity index (χ0) is 14.3. The second-order valence-electron chi connectivity index (χ2n) is 3.98.